The van der Waals surface area contributed by atoms with Crippen molar-refractivity contribution in [2.45, 2.75) is 32.5 Å². The first-order valence-electron chi connectivity index (χ1n) is 9.00. The number of pyridine rings is 1. The first kappa shape index (κ1) is 21.6. The Morgan fingerprint density at radius 1 is 1.23 bits per heavy atom. The molecule has 8 heteroatoms. The van der Waals surface area contributed by atoms with Gasteiger partial charge in [0.2, 0.25) is 0 Å². The predicted octanol–water partition coefficient (Wildman–Crippen LogP) is 5.71. The molecule has 1 aromatic carbocycles. The average Bonchev–Trinajstić information content (AvgIpc) is 2.98. The highest BCUT2D eigenvalue weighted by Crippen LogP contribution is 2.34. The van der Waals surface area contributed by atoms with Gasteiger partial charge >= 0.3 is 6.18 Å². The summed E-state index contributed by atoms with van der Waals surface area (Å²) in [6.45, 7) is 4.15. The van der Waals surface area contributed by atoms with Gasteiger partial charge in [0, 0.05) is 29.7 Å². The zero-order valence-electron chi connectivity index (χ0n) is 16.2. The third-order valence-electron chi connectivity index (χ3n) is 4.88. The Labute approximate surface area is 176 Å². The van der Waals surface area contributed by atoms with Gasteiger partial charge in [-0.3, -0.25) is 9.78 Å². The summed E-state index contributed by atoms with van der Waals surface area (Å²) in [6, 6.07) is 13.9. The SMILES string of the molecule is Cc1cc(C(=O)C(C#N)c2ncc(C(F)(F)F)cc2Cl)c(C)n1Cc1ccccc1. The first-order valence-corrected chi connectivity index (χ1v) is 9.38. The van der Waals surface area contributed by atoms with Crippen molar-refractivity contribution in [3.8, 4) is 6.07 Å². The van der Waals surface area contributed by atoms with Crippen LogP contribution in [-0.2, 0) is 12.7 Å². The fraction of sp³-hybridized carbons (Fsp3) is 0.227. The molecule has 0 fully saturated rings. The number of nitrogens with zero attached hydrogens (tertiary/aromatic N) is 3. The van der Waals surface area contributed by atoms with E-state index in [1.807, 2.05) is 47.9 Å². The van der Waals surface area contributed by atoms with E-state index in [1.165, 1.54) is 0 Å². The smallest absolute Gasteiger partial charge is 0.344 e. The van der Waals surface area contributed by atoms with Crippen LogP contribution < -0.4 is 0 Å². The predicted molar refractivity (Wildman–Crippen MR) is 106 cm³/mol. The maximum atomic E-state index is 13.1. The van der Waals surface area contributed by atoms with E-state index in [-0.39, 0.29) is 10.7 Å². The molecule has 0 radical (unpaired) electrons. The van der Waals surface area contributed by atoms with Crippen LogP contribution in [0.4, 0.5) is 13.2 Å². The number of ketones is 1. The van der Waals surface area contributed by atoms with Gasteiger partial charge in [-0.2, -0.15) is 18.4 Å². The minimum Gasteiger partial charge on any atom is -0.344 e. The monoisotopic (exact) mass is 431 g/mol. The van der Waals surface area contributed by atoms with Crippen LogP contribution >= 0.6 is 11.6 Å². The summed E-state index contributed by atoms with van der Waals surface area (Å²) < 4.78 is 40.5. The first-order chi connectivity index (χ1) is 14.1. The molecular formula is C22H17ClF3N3O. The van der Waals surface area contributed by atoms with E-state index in [4.69, 9.17) is 11.6 Å². The van der Waals surface area contributed by atoms with Crippen LogP contribution in [0.3, 0.4) is 0 Å². The number of benzene rings is 1. The van der Waals surface area contributed by atoms with Crippen molar-refractivity contribution in [3.63, 3.8) is 0 Å². The van der Waals surface area contributed by atoms with E-state index in [0.29, 0.717) is 30.1 Å². The van der Waals surface area contributed by atoms with Gasteiger partial charge in [-0.05, 0) is 31.5 Å². The molecule has 0 aliphatic carbocycles. The van der Waals surface area contributed by atoms with Gasteiger partial charge in [0.15, 0.2) is 11.7 Å². The molecule has 0 saturated carbocycles. The lowest BCUT2D eigenvalue weighted by atomic mass is 9.95. The summed E-state index contributed by atoms with van der Waals surface area (Å²) in [5.74, 6) is -1.97. The molecule has 0 saturated heterocycles. The van der Waals surface area contributed by atoms with E-state index in [2.05, 4.69) is 4.98 Å². The molecular weight excluding hydrogens is 415 g/mol. The summed E-state index contributed by atoms with van der Waals surface area (Å²) >= 11 is 5.95. The quantitative estimate of drug-likeness (QED) is 0.486. The Kier molecular flexibility index (Phi) is 5.99. The largest absolute Gasteiger partial charge is 0.417 e. The Balaban J connectivity index is 1.96. The summed E-state index contributed by atoms with van der Waals surface area (Å²) in [4.78, 5) is 16.8. The molecule has 30 heavy (non-hydrogen) atoms. The highest BCUT2D eigenvalue weighted by molar-refractivity contribution is 6.31. The van der Waals surface area contributed by atoms with Crippen LogP contribution in [-0.4, -0.2) is 15.3 Å². The number of aromatic nitrogens is 2. The summed E-state index contributed by atoms with van der Waals surface area (Å²) in [5, 5.41) is 9.20. The van der Waals surface area contributed by atoms with Crippen LogP contribution in [0.1, 0.15) is 44.5 Å². The fourth-order valence-electron chi connectivity index (χ4n) is 3.28. The van der Waals surface area contributed by atoms with Crippen LogP contribution in [0.25, 0.3) is 0 Å². The lowest BCUT2D eigenvalue weighted by molar-refractivity contribution is -0.137. The van der Waals surface area contributed by atoms with Gasteiger partial charge in [0.1, 0.15) is 0 Å². The molecule has 2 heterocycles. The number of alkyl halides is 3. The summed E-state index contributed by atoms with van der Waals surface area (Å²) in [6.07, 6.45) is -4.04. The van der Waals surface area contributed by atoms with Crippen LogP contribution in [0, 0.1) is 25.2 Å². The second-order valence-corrected chi connectivity index (χ2v) is 7.28. The Hall–Kier alpha value is -3.11. The third-order valence-corrected chi connectivity index (χ3v) is 5.19. The Morgan fingerprint density at radius 3 is 2.47 bits per heavy atom. The van der Waals surface area contributed by atoms with E-state index in [0.717, 1.165) is 11.3 Å². The Morgan fingerprint density at radius 2 is 1.90 bits per heavy atom. The van der Waals surface area contributed by atoms with E-state index < -0.39 is 23.4 Å². The van der Waals surface area contributed by atoms with Crippen molar-refractivity contribution in [2.24, 2.45) is 0 Å². The number of nitriles is 1. The standard InChI is InChI=1S/C22H17ClF3N3O/c1-13-8-17(14(2)29(13)12-15-6-4-3-5-7-15)21(30)18(10-27)20-19(23)9-16(11-28-20)22(24,25)26/h3-9,11,18H,12H2,1-2H3. The molecule has 3 aromatic rings. The molecule has 3 rings (SSSR count). The van der Waals surface area contributed by atoms with Gasteiger partial charge < -0.3 is 4.57 Å². The topological polar surface area (TPSA) is 58.7 Å². The van der Waals surface area contributed by atoms with Gasteiger partial charge in [-0.1, -0.05) is 41.9 Å². The molecule has 1 atom stereocenters. The molecule has 0 amide bonds. The minimum atomic E-state index is -4.62. The number of rotatable bonds is 5. The minimum absolute atomic E-state index is 0.190. The number of Topliss-reactive ketones (excluding diaryl/α,β-unsaturated/α-hetero) is 1. The fourth-order valence-corrected chi connectivity index (χ4v) is 3.55. The van der Waals surface area contributed by atoms with Gasteiger partial charge in [0.05, 0.1) is 22.3 Å². The Bertz CT molecular complexity index is 1130. The van der Waals surface area contributed by atoms with E-state index in [1.54, 1.807) is 13.0 Å². The lowest BCUT2D eigenvalue weighted by Gasteiger charge is -2.13. The van der Waals surface area contributed by atoms with Gasteiger partial charge in [-0.15, -0.1) is 0 Å². The van der Waals surface area contributed by atoms with Crippen molar-refractivity contribution in [2.75, 3.05) is 0 Å². The van der Waals surface area contributed by atoms with Crippen LogP contribution in [0.15, 0.2) is 48.7 Å². The van der Waals surface area contributed by atoms with Crippen molar-refractivity contribution >= 4 is 17.4 Å². The molecule has 0 aliphatic rings. The molecule has 154 valence electrons. The number of hydrogen-bond donors (Lipinski definition) is 0. The van der Waals surface area contributed by atoms with Crippen molar-refractivity contribution in [3.05, 3.63) is 87.5 Å². The summed E-state index contributed by atoms with van der Waals surface area (Å²) in [5.41, 5.74) is 1.61. The molecule has 0 aliphatic heterocycles. The van der Waals surface area contributed by atoms with Gasteiger partial charge in [-0.25, -0.2) is 0 Å². The number of carbonyl (C=O) groups is 1. The maximum Gasteiger partial charge on any atom is 0.417 e. The average molecular weight is 432 g/mol. The second kappa shape index (κ2) is 8.33. The van der Waals surface area contributed by atoms with Crippen LogP contribution in [0.5, 0.6) is 0 Å². The number of aryl methyl sites for hydroxylation is 1. The highest BCUT2D eigenvalue weighted by atomic mass is 35.5. The molecule has 2 aromatic heterocycles. The van der Waals surface area contributed by atoms with E-state index in [9.17, 15) is 23.2 Å². The zero-order valence-corrected chi connectivity index (χ0v) is 16.9. The number of hydrogen-bond acceptors (Lipinski definition) is 3. The summed E-state index contributed by atoms with van der Waals surface area (Å²) in [7, 11) is 0. The van der Waals surface area contributed by atoms with Crippen LogP contribution in [0.2, 0.25) is 5.02 Å². The molecule has 4 nitrogen and oxygen atoms in total. The molecule has 1 unspecified atom stereocenters. The molecule has 0 bridgehead atoms. The molecule has 0 N–H and O–H groups in total. The normalized spacial score (nSPS) is 12.4. The third kappa shape index (κ3) is 4.24. The maximum absolute atomic E-state index is 13.1. The zero-order chi connectivity index (χ0) is 22.1. The van der Waals surface area contributed by atoms with Crippen molar-refractivity contribution in [1.29, 1.82) is 5.26 Å². The number of carbonyl (C=O) groups excluding carboxylic acids is 1. The lowest BCUT2D eigenvalue weighted by Crippen LogP contribution is -2.16. The number of halogens is 4. The van der Waals surface area contributed by atoms with E-state index >= 15 is 0 Å². The van der Waals surface area contributed by atoms with Crippen molar-refractivity contribution < 1.29 is 18.0 Å². The van der Waals surface area contributed by atoms with Gasteiger partial charge in [0.25, 0.3) is 0 Å². The highest BCUT2D eigenvalue weighted by Gasteiger charge is 2.34. The second-order valence-electron chi connectivity index (χ2n) is 6.87. The molecule has 0 spiro atoms. The van der Waals surface area contributed by atoms with Crippen molar-refractivity contribution in [1.82, 2.24) is 9.55 Å².